The molecule has 0 spiro atoms. The number of aliphatic hydroxyl groups is 1. The van der Waals surface area contributed by atoms with Crippen molar-refractivity contribution in [2.24, 2.45) is 189 Å². The third kappa shape index (κ3) is 62.9. The maximum atomic E-state index is 9.35. The molecule has 109 heavy (non-hydrogen) atoms. The van der Waals surface area contributed by atoms with E-state index in [0.29, 0.717) is 77.3 Å². The molecule has 0 aliphatic carbocycles. The Balaban J connectivity index is -0.000000174. The van der Waals surface area contributed by atoms with Crippen LogP contribution in [0, 0.1) is 189 Å². The van der Waals surface area contributed by atoms with Crippen molar-refractivity contribution in [2.45, 2.75) is 416 Å². The molecule has 1 N–H and O–H groups in total. The lowest BCUT2D eigenvalue weighted by Crippen LogP contribution is -2.35. The van der Waals surface area contributed by atoms with Crippen molar-refractivity contribution in [3.8, 4) is 0 Å². The zero-order chi connectivity index (χ0) is 88.2. The molecule has 4 atom stereocenters. The van der Waals surface area contributed by atoms with E-state index in [1.165, 1.54) is 31.2 Å². The van der Waals surface area contributed by atoms with E-state index in [9.17, 15) is 5.11 Å². The van der Waals surface area contributed by atoms with E-state index in [-0.39, 0.29) is 11.7 Å². The number of hydrogen-bond acceptors (Lipinski definition) is 5. The Morgan fingerprint density at radius 2 is 0.651 bits per heavy atom. The minimum absolute atomic E-state index is 0.0263. The quantitative estimate of drug-likeness (QED) is 0.0760. The van der Waals surface area contributed by atoms with Gasteiger partial charge in [0.05, 0.1) is 23.9 Å². The topological polar surface area (TPSA) is 57.2 Å². The zero-order valence-corrected chi connectivity index (χ0v) is 85.7. The predicted octanol–water partition coefficient (Wildman–Crippen LogP) is 33.1. The van der Waals surface area contributed by atoms with E-state index >= 15 is 0 Å². The summed E-state index contributed by atoms with van der Waals surface area (Å²) in [5.74, 6) is 25.6. The first kappa shape index (κ1) is 124. The number of hydrogen-bond donors (Lipinski definition) is 1. The molecule has 0 amide bonds. The van der Waals surface area contributed by atoms with Gasteiger partial charge in [0.1, 0.15) is 0 Å². The smallest absolute Gasteiger partial charge is 0.0602 e. The molecular formula is C104H218O5. The fourth-order valence-electron chi connectivity index (χ4n) is 20.1. The van der Waals surface area contributed by atoms with Gasteiger partial charge in [-0.3, -0.25) is 0 Å². The number of benzene rings is 1. The van der Waals surface area contributed by atoms with Gasteiger partial charge in [0.15, 0.2) is 0 Å². The monoisotopic (exact) mass is 1550 g/mol. The molecule has 664 valence electrons. The molecule has 1 aliphatic rings. The SMILES string of the molecule is CC(C)C(C(C)C)C(C)C.CC(C)C(C(C)C)C(C)O.CC(C)C(C(C)C)C(C)OC(C)(C)C.CC(C)C(C(C)C)C1CCOCC1.CC(C)C(C)C(C)C.CC(C)C(c1ccccc1)C(C)C.CCC(C(C)C)C(C)C.CCC(C)C(C(C)C)C(C)C.COC(C)C(C(C)C)C(C)C.COCC(C(C)C)C(C)C. The largest absolute Gasteiger partial charge is 0.393 e. The molecule has 0 bridgehead atoms. The lowest BCUT2D eigenvalue weighted by Gasteiger charge is -2.35. The summed E-state index contributed by atoms with van der Waals surface area (Å²) >= 11 is 0. The minimum atomic E-state index is -0.167. The Labute approximate surface area is 694 Å². The molecule has 2 rings (SSSR count). The van der Waals surface area contributed by atoms with Crippen LogP contribution in [0.5, 0.6) is 0 Å². The second-order valence-electron chi connectivity index (χ2n) is 42.5. The van der Waals surface area contributed by atoms with Gasteiger partial charge in [0.2, 0.25) is 0 Å². The molecule has 0 saturated carbocycles. The fraction of sp³-hybridized carbons (Fsp3) is 0.942. The van der Waals surface area contributed by atoms with Gasteiger partial charge in [0, 0.05) is 34.0 Å². The van der Waals surface area contributed by atoms with E-state index in [1.54, 1.807) is 14.2 Å². The molecule has 1 heterocycles. The normalized spacial score (nSPS) is 14.4. The predicted molar refractivity (Wildman–Crippen MR) is 501 cm³/mol. The molecule has 1 aliphatic heterocycles. The van der Waals surface area contributed by atoms with Crippen LogP contribution in [-0.4, -0.2) is 63.1 Å². The summed E-state index contributed by atoms with van der Waals surface area (Å²) in [6.45, 7) is 121. The molecule has 1 saturated heterocycles. The Bertz CT molecular complexity index is 1850. The molecule has 1 aromatic carbocycles. The molecule has 0 aromatic heterocycles. The zero-order valence-electron chi connectivity index (χ0n) is 85.7. The van der Waals surface area contributed by atoms with Crippen LogP contribution in [0.2, 0.25) is 0 Å². The van der Waals surface area contributed by atoms with Crippen molar-refractivity contribution in [1.82, 2.24) is 0 Å². The first-order valence-electron chi connectivity index (χ1n) is 46.6. The second kappa shape index (κ2) is 69.0. The van der Waals surface area contributed by atoms with Crippen LogP contribution in [0.4, 0.5) is 0 Å². The van der Waals surface area contributed by atoms with Gasteiger partial charge in [-0.2, -0.15) is 0 Å². The highest BCUT2D eigenvalue weighted by molar-refractivity contribution is 5.20. The van der Waals surface area contributed by atoms with E-state index in [2.05, 4.69) is 383 Å². The van der Waals surface area contributed by atoms with Crippen molar-refractivity contribution in [3.05, 3.63) is 35.9 Å². The Kier molecular flexibility index (Phi) is 78.3. The standard InChI is InChI=1S/C13H28O.C13H20.C12H24O.C11H24.C10H22O.C10H22.2C9H20O.C9H20.C8H18/c1-9(2)12(10(3)4)11(5)14-13(6,7)8;1-10(2)13(11(3)4)12-8-6-5-7-9-12;1-9(2)12(10(3)4)11-5-7-13-8-6-11;1-7-10(6)11(8(2)3)9(4)5;1-7(2)10(8(3)4)9(5)11-6;1-7(2)10(8(3)4)9(5)6;1-7(2)9(6-10-5)8(3)4;1-6(2)9(7(3)4)8(5)10;1-6-9(7(2)3)8(4)5;1-6(2)8(5)7(3)4/h9-12H,1-8H3;5-11,13H,1-4H3;9-12H,5-8H2,1-4H3;8-11H,7H2,1-6H3;7-10H,1-6H3;7-10H,1-6H3;7-9H,6H2,1-5H3;6-10H,1-5H3;7-9H,6H2,1-5H3;6-8H,1-5H3. The Morgan fingerprint density at radius 3 is 0.798 bits per heavy atom. The summed E-state index contributed by atoms with van der Waals surface area (Å²) in [5.41, 5.74) is 1.45. The van der Waals surface area contributed by atoms with Gasteiger partial charge in [-0.1, -0.05) is 362 Å². The van der Waals surface area contributed by atoms with Crippen molar-refractivity contribution in [3.63, 3.8) is 0 Å². The van der Waals surface area contributed by atoms with Gasteiger partial charge in [0.25, 0.3) is 0 Å². The van der Waals surface area contributed by atoms with E-state index in [4.69, 9.17) is 18.9 Å². The van der Waals surface area contributed by atoms with Crippen molar-refractivity contribution < 1.29 is 24.1 Å². The molecule has 5 heteroatoms. The number of ether oxygens (including phenoxy) is 4. The Morgan fingerprint density at radius 1 is 0.349 bits per heavy atom. The van der Waals surface area contributed by atoms with E-state index < -0.39 is 0 Å². The highest BCUT2D eigenvalue weighted by atomic mass is 16.5. The number of rotatable bonds is 33. The lowest BCUT2D eigenvalue weighted by atomic mass is 9.73. The third-order valence-electron chi connectivity index (χ3n) is 24.7. The summed E-state index contributed by atoms with van der Waals surface area (Å²) in [4.78, 5) is 0. The van der Waals surface area contributed by atoms with Crippen molar-refractivity contribution in [1.29, 1.82) is 0 Å². The minimum Gasteiger partial charge on any atom is -0.393 e. The van der Waals surface area contributed by atoms with Gasteiger partial charge in [-0.05, 0) is 255 Å². The maximum absolute atomic E-state index is 9.35. The molecule has 0 radical (unpaired) electrons. The average molecular weight is 1550 g/mol. The van der Waals surface area contributed by atoms with Crippen LogP contribution in [0.3, 0.4) is 0 Å². The molecule has 1 aromatic rings. The van der Waals surface area contributed by atoms with Crippen LogP contribution in [-0.2, 0) is 18.9 Å². The summed E-state index contributed by atoms with van der Waals surface area (Å²) in [6, 6.07) is 10.8. The fourth-order valence-corrected chi connectivity index (χ4v) is 20.1. The summed E-state index contributed by atoms with van der Waals surface area (Å²) in [7, 11) is 3.57. The highest BCUT2D eigenvalue weighted by Gasteiger charge is 2.31. The molecule has 4 unspecified atom stereocenters. The highest BCUT2D eigenvalue weighted by Crippen LogP contribution is 2.37. The summed E-state index contributed by atoms with van der Waals surface area (Å²) < 4.78 is 21.9. The number of methoxy groups -OCH3 is 2. The van der Waals surface area contributed by atoms with Crippen LogP contribution in [0.1, 0.15) is 397 Å². The first-order chi connectivity index (χ1) is 49.6. The van der Waals surface area contributed by atoms with Crippen LogP contribution >= 0.6 is 0 Å². The third-order valence-corrected chi connectivity index (χ3v) is 24.7. The summed E-state index contributed by atoms with van der Waals surface area (Å²) in [6.07, 6.45) is 5.77. The van der Waals surface area contributed by atoms with Crippen LogP contribution in [0.25, 0.3) is 0 Å². The summed E-state index contributed by atoms with van der Waals surface area (Å²) in [5, 5.41) is 9.35. The van der Waals surface area contributed by atoms with E-state index in [1.807, 2.05) is 6.92 Å². The Hall–Kier alpha value is -0.980. The lowest BCUT2D eigenvalue weighted by molar-refractivity contribution is -0.0931. The average Bonchev–Trinajstić information content (AvgIpc) is 0.879. The first-order valence-corrected chi connectivity index (χ1v) is 46.6. The van der Waals surface area contributed by atoms with Gasteiger partial charge >= 0.3 is 0 Å². The van der Waals surface area contributed by atoms with Crippen LogP contribution in [0.15, 0.2) is 30.3 Å². The second-order valence-corrected chi connectivity index (χ2v) is 42.5. The van der Waals surface area contributed by atoms with Crippen molar-refractivity contribution in [2.75, 3.05) is 34.0 Å². The molecular weight excluding hydrogens is 1330 g/mol. The number of aliphatic hydroxyl groups excluding tert-OH is 1. The van der Waals surface area contributed by atoms with Gasteiger partial charge in [-0.15, -0.1) is 0 Å². The van der Waals surface area contributed by atoms with Gasteiger partial charge < -0.3 is 24.1 Å². The van der Waals surface area contributed by atoms with Crippen molar-refractivity contribution >= 4 is 0 Å². The molecule has 5 nitrogen and oxygen atoms in total. The van der Waals surface area contributed by atoms with Gasteiger partial charge in [-0.25, -0.2) is 0 Å². The molecule has 1 fully saturated rings. The van der Waals surface area contributed by atoms with Crippen LogP contribution < -0.4 is 0 Å². The maximum Gasteiger partial charge on any atom is 0.0602 e. The van der Waals surface area contributed by atoms with E-state index in [0.717, 1.165) is 150 Å².